The van der Waals surface area contributed by atoms with Gasteiger partial charge in [0.05, 0.1) is 18.1 Å². The van der Waals surface area contributed by atoms with E-state index < -0.39 is 11.5 Å². The molecule has 1 rings (SSSR count). The molecule has 7 nitrogen and oxygen atoms in total. The van der Waals surface area contributed by atoms with Crippen molar-refractivity contribution in [3.63, 3.8) is 0 Å². The Balaban J connectivity index is 0. The molecule has 6 atom stereocenters. The largest absolute Gasteiger partial charge is 0.665 e. The standard InChI is InChI=1S/C16H30N2O3.C3H6NO.Y/c1-7-9(2)11(4)14-13(18-12(5)19)10(3)8-16(6,21-14)15(17)20;1-4(2)3-5;/h9-11,13-14H,7-8H2,1-6H3,(H3,17,18,19,20);1-2H3;/q;-1;/p-1/t9-,10?,11?,13?,14?,16?;;/m1../s1. The number of nitrogens with one attached hydrogen (secondary N) is 2. The van der Waals surface area contributed by atoms with E-state index in [1.807, 2.05) is 6.92 Å². The fraction of sp³-hybridized carbons (Fsp3) is 0.842. The van der Waals surface area contributed by atoms with E-state index >= 15 is 0 Å². The van der Waals surface area contributed by atoms with Gasteiger partial charge in [-0.2, -0.15) is 6.41 Å². The summed E-state index contributed by atoms with van der Waals surface area (Å²) >= 11 is 0. The first kappa shape index (κ1) is 28.7. The SMILES string of the molecule is CC[C@@H](C)C(C)C1OC(C)(C([NH-])=O)CC(C)C1NC(C)=O.CN(C)[C-]=O.[Y]. The molecule has 0 spiro atoms. The Hall–Kier alpha value is -0.526. The van der Waals surface area contributed by atoms with Crippen LogP contribution in [-0.2, 0) is 51.8 Å². The zero-order valence-corrected chi connectivity index (χ0v) is 20.8. The van der Waals surface area contributed by atoms with Gasteiger partial charge in [0, 0.05) is 39.6 Å². The van der Waals surface area contributed by atoms with E-state index in [4.69, 9.17) is 10.5 Å². The Morgan fingerprint density at radius 3 is 2.19 bits per heavy atom. The van der Waals surface area contributed by atoms with E-state index in [1.54, 1.807) is 27.4 Å². The van der Waals surface area contributed by atoms with Crippen molar-refractivity contribution in [2.45, 2.75) is 72.1 Å². The summed E-state index contributed by atoms with van der Waals surface area (Å²) in [5.41, 5.74) is 6.43. The van der Waals surface area contributed by atoms with Gasteiger partial charge in [-0.25, -0.2) is 0 Å². The van der Waals surface area contributed by atoms with Crippen molar-refractivity contribution < 1.29 is 51.8 Å². The molecule has 2 N–H and O–H groups in total. The molecule has 27 heavy (non-hydrogen) atoms. The smallest absolute Gasteiger partial charge is 0.217 e. The fourth-order valence-corrected chi connectivity index (χ4v) is 3.22. The van der Waals surface area contributed by atoms with Crippen LogP contribution < -0.4 is 5.32 Å². The molecule has 0 aromatic heterocycles. The van der Waals surface area contributed by atoms with Gasteiger partial charge >= 0.3 is 0 Å². The number of carbonyl (C=O) groups is 2. The van der Waals surface area contributed by atoms with Gasteiger partial charge in [0.2, 0.25) is 5.91 Å². The van der Waals surface area contributed by atoms with Gasteiger partial charge in [0.1, 0.15) is 5.60 Å². The maximum Gasteiger partial charge on any atom is 0.217 e. The van der Waals surface area contributed by atoms with Gasteiger partial charge in [-0.05, 0) is 45.2 Å². The molecule has 1 aliphatic rings. The first-order valence-corrected chi connectivity index (χ1v) is 9.15. The normalized spacial score (nSPS) is 29.1. The van der Waals surface area contributed by atoms with Gasteiger partial charge in [-0.15, -0.1) is 0 Å². The van der Waals surface area contributed by atoms with Crippen LogP contribution in [0.15, 0.2) is 0 Å². The molecular weight excluding hydrogens is 423 g/mol. The average Bonchev–Trinajstić information content (AvgIpc) is 2.55. The van der Waals surface area contributed by atoms with Crippen molar-refractivity contribution in [1.29, 1.82) is 0 Å². The summed E-state index contributed by atoms with van der Waals surface area (Å²) in [4.78, 5) is 33.8. The van der Waals surface area contributed by atoms with E-state index in [9.17, 15) is 14.4 Å². The van der Waals surface area contributed by atoms with Crippen LogP contribution in [0.4, 0.5) is 0 Å². The Kier molecular flexibility index (Phi) is 13.6. The molecule has 1 aliphatic heterocycles. The molecule has 0 aliphatic carbocycles. The molecule has 0 bridgehead atoms. The zero-order valence-electron chi connectivity index (χ0n) is 18.0. The van der Waals surface area contributed by atoms with E-state index in [0.29, 0.717) is 12.3 Å². The van der Waals surface area contributed by atoms with Crippen molar-refractivity contribution in [1.82, 2.24) is 10.2 Å². The summed E-state index contributed by atoms with van der Waals surface area (Å²) in [6, 6.07) is -0.112. The molecule has 0 saturated carbocycles. The Labute approximate surface area is 189 Å². The monoisotopic (exact) mass is 458 g/mol. The van der Waals surface area contributed by atoms with Crippen LogP contribution in [0.1, 0.15) is 54.4 Å². The quantitative estimate of drug-likeness (QED) is 0.489. The summed E-state index contributed by atoms with van der Waals surface area (Å²) in [5, 5.41) is 2.98. The number of nitrogens with zero attached hydrogens (tertiary/aromatic N) is 1. The summed E-state index contributed by atoms with van der Waals surface area (Å²) in [7, 11) is 3.26. The minimum absolute atomic E-state index is 0. The van der Waals surface area contributed by atoms with Crippen molar-refractivity contribution in [2.75, 3.05) is 14.1 Å². The van der Waals surface area contributed by atoms with Gasteiger partial charge in [-0.1, -0.05) is 34.1 Å². The predicted octanol–water partition coefficient (Wildman–Crippen LogP) is 2.55. The summed E-state index contributed by atoms with van der Waals surface area (Å²) in [6.07, 6.45) is 2.84. The van der Waals surface area contributed by atoms with Crippen molar-refractivity contribution in [3.05, 3.63) is 5.73 Å². The van der Waals surface area contributed by atoms with Gasteiger partial charge in [-0.3, -0.25) is 4.79 Å². The molecular formula is C19H35N3O4Y-2. The molecule has 5 unspecified atom stereocenters. The molecule has 0 aromatic rings. The first-order chi connectivity index (χ1) is 11.9. The Morgan fingerprint density at radius 2 is 1.85 bits per heavy atom. The predicted molar refractivity (Wildman–Crippen MR) is 102 cm³/mol. The van der Waals surface area contributed by atoms with Gasteiger partial charge < -0.3 is 30.3 Å². The fourth-order valence-electron chi connectivity index (χ4n) is 3.22. The maximum atomic E-state index is 11.7. The molecule has 155 valence electrons. The Bertz CT molecular complexity index is 490. The van der Waals surface area contributed by atoms with Gasteiger partial charge in [0.25, 0.3) is 0 Å². The van der Waals surface area contributed by atoms with E-state index in [0.717, 1.165) is 6.42 Å². The van der Waals surface area contributed by atoms with Crippen molar-refractivity contribution >= 4 is 18.2 Å². The van der Waals surface area contributed by atoms with Crippen LogP contribution in [0.25, 0.3) is 5.73 Å². The van der Waals surface area contributed by atoms with E-state index in [1.165, 1.54) is 11.8 Å². The van der Waals surface area contributed by atoms with Crippen LogP contribution in [0.3, 0.4) is 0 Å². The summed E-state index contributed by atoms with van der Waals surface area (Å²) in [5.74, 6) is -0.0528. The molecule has 1 heterocycles. The minimum atomic E-state index is -1.07. The number of rotatable bonds is 6. The van der Waals surface area contributed by atoms with Gasteiger partial charge in [0.15, 0.2) is 0 Å². The second-order valence-electron chi connectivity index (χ2n) is 7.78. The zero-order chi connectivity index (χ0) is 20.7. The van der Waals surface area contributed by atoms with Crippen LogP contribution in [0.2, 0.25) is 0 Å². The third-order valence-corrected chi connectivity index (χ3v) is 5.17. The van der Waals surface area contributed by atoms with Crippen LogP contribution in [-0.4, -0.2) is 55.0 Å². The minimum Gasteiger partial charge on any atom is -0.665 e. The number of ether oxygens (including phenoxy) is 1. The molecule has 1 radical (unpaired) electrons. The summed E-state index contributed by atoms with van der Waals surface area (Å²) in [6.45, 7) is 11.6. The van der Waals surface area contributed by atoms with Crippen LogP contribution in [0.5, 0.6) is 0 Å². The number of carbonyl (C=O) groups excluding carboxylic acids is 3. The Morgan fingerprint density at radius 1 is 1.37 bits per heavy atom. The number of hydrogen-bond donors (Lipinski definition) is 1. The van der Waals surface area contributed by atoms with Crippen molar-refractivity contribution in [3.8, 4) is 0 Å². The van der Waals surface area contributed by atoms with Crippen LogP contribution >= 0.6 is 0 Å². The second kappa shape index (κ2) is 12.8. The first-order valence-electron chi connectivity index (χ1n) is 9.15. The second-order valence-corrected chi connectivity index (χ2v) is 7.78. The molecule has 3 amide bonds. The maximum absolute atomic E-state index is 11.7. The van der Waals surface area contributed by atoms with E-state index in [-0.39, 0.29) is 62.6 Å². The van der Waals surface area contributed by atoms with Crippen molar-refractivity contribution in [2.24, 2.45) is 17.8 Å². The average molecular weight is 458 g/mol. The summed E-state index contributed by atoms with van der Waals surface area (Å²) < 4.78 is 6.05. The topological polar surface area (TPSA) is 99.5 Å². The molecule has 0 aromatic carbocycles. The molecule has 8 heteroatoms. The van der Waals surface area contributed by atoms with E-state index in [2.05, 4.69) is 26.1 Å². The third-order valence-electron chi connectivity index (χ3n) is 5.17. The molecule has 1 saturated heterocycles. The molecule has 1 fully saturated rings. The number of amides is 3. The third kappa shape index (κ3) is 9.01. The van der Waals surface area contributed by atoms with Crippen LogP contribution in [0, 0.1) is 17.8 Å². The number of hydrogen-bond acceptors (Lipinski definition) is 4.